The lowest BCUT2D eigenvalue weighted by molar-refractivity contribution is -0.351. The molecule has 2 nitrogen and oxygen atoms in total. The highest BCUT2D eigenvalue weighted by Gasteiger charge is 2.80. The highest BCUT2D eigenvalue weighted by molar-refractivity contribution is 6.22. The molecule has 1 unspecified atom stereocenters. The van der Waals surface area contributed by atoms with Gasteiger partial charge in [0.2, 0.25) is 0 Å². The lowest BCUT2D eigenvalue weighted by atomic mass is 9.87. The van der Waals surface area contributed by atoms with Crippen molar-refractivity contribution in [1.82, 2.24) is 0 Å². The van der Waals surface area contributed by atoms with Gasteiger partial charge < -0.3 is 4.74 Å². The Balaban J connectivity index is 3.01. The third-order valence-electron chi connectivity index (χ3n) is 3.26. The van der Waals surface area contributed by atoms with Crippen LogP contribution in [0, 0.1) is 5.41 Å². The van der Waals surface area contributed by atoms with Crippen LogP contribution in [0.2, 0.25) is 0 Å². The first-order valence-electron chi connectivity index (χ1n) is 5.87. The van der Waals surface area contributed by atoms with Crippen LogP contribution >= 0.6 is 11.6 Å². The zero-order chi connectivity index (χ0) is 17.8. The second kappa shape index (κ2) is 5.10. The lowest BCUT2D eigenvalue weighted by Gasteiger charge is -2.35. The molecular formula is C11H11ClF8O2. The van der Waals surface area contributed by atoms with E-state index in [1.54, 1.807) is 0 Å². The molecule has 1 fully saturated rings. The van der Waals surface area contributed by atoms with Crippen LogP contribution in [0.1, 0.15) is 26.7 Å². The Morgan fingerprint density at radius 3 is 1.86 bits per heavy atom. The first-order valence-corrected chi connectivity index (χ1v) is 6.25. The van der Waals surface area contributed by atoms with E-state index in [0.717, 1.165) is 0 Å². The fourth-order valence-electron chi connectivity index (χ4n) is 1.94. The number of halogens is 9. The summed E-state index contributed by atoms with van der Waals surface area (Å²) in [4.78, 5) is 11.3. The lowest BCUT2D eigenvalue weighted by Crippen LogP contribution is -2.61. The summed E-state index contributed by atoms with van der Waals surface area (Å²) in [5.74, 6) is -19.5. The quantitative estimate of drug-likeness (QED) is 0.410. The largest absolute Gasteiger partial charge is 0.462 e. The standard InChI is InChI=1S/C11H11ClF8O2/c1-7(2)3-5(22-6(7)21)4-8(13,14)9(15,16)10(17,18)11(12,19)20/h5H,3-4H2,1-2H3. The average Bonchev–Trinajstić information content (AvgIpc) is 2.48. The highest BCUT2D eigenvalue weighted by Crippen LogP contribution is 2.55. The maximum atomic E-state index is 13.4. The van der Waals surface area contributed by atoms with Crippen molar-refractivity contribution in [3.8, 4) is 0 Å². The van der Waals surface area contributed by atoms with E-state index >= 15 is 0 Å². The molecule has 0 N–H and O–H groups in total. The predicted molar refractivity (Wildman–Crippen MR) is 58.5 cm³/mol. The number of hydrogen-bond donors (Lipinski definition) is 0. The second-order valence-electron chi connectivity index (χ2n) is 5.67. The van der Waals surface area contributed by atoms with Crippen LogP contribution in [0.3, 0.4) is 0 Å². The van der Waals surface area contributed by atoms with E-state index in [1.165, 1.54) is 13.8 Å². The number of hydrogen-bond acceptors (Lipinski definition) is 2. The van der Waals surface area contributed by atoms with Crippen LogP contribution in [-0.4, -0.2) is 35.2 Å². The van der Waals surface area contributed by atoms with Crippen molar-refractivity contribution < 1.29 is 44.7 Å². The van der Waals surface area contributed by atoms with E-state index < -0.39 is 53.5 Å². The molecule has 0 bridgehead atoms. The van der Waals surface area contributed by atoms with Gasteiger partial charge in [-0.15, -0.1) is 0 Å². The van der Waals surface area contributed by atoms with Gasteiger partial charge in [0.25, 0.3) is 0 Å². The Labute approximate surface area is 124 Å². The first kappa shape index (κ1) is 19.2. The zero-order valence-electron chi connectivity index (χ0n) is 11.2. The van der Waals surface area contributed by atoms with Gasteiger partial charge in [-0.25, -0.2) is 0 Å². The van der Waals surface area contributed by atoms with Gasteiger partial charge in [-0.05, 0) is 25.4 Å². The highest BCUT2D eigenvalue weighted by atomic mass is 35.5. The number of rotatable bonds is 5. The Hall–Kier alpha value is -0.800. The van der Waals surface area contributed by atoms with E-state index in [1.807, 2.05) is 0 Å². The van der Waals surface area contributed by atoms with E-state index in [0.29, 0.717) is 0 Å². The Kier molecular flexibility index (Phi) is 4.46. The molecule has 1 rings (SSSR count). The van der Waals surface area contributed by atoms with E-state index in [4.69, 9.17) is 0 Å². The molecule has 0 spiro atoms. The fraction of sp³-hybridized carbons (Fsp3) is 0.909. The van der Waals surface area contributed by atoms with Crippen molar-refractivity contribution in [2.24, 2.45) is 5.41 Å². The smallest absolute Gasteiger partial charge is 0.392 e. The van der Waals surface area contributed by atoms with Crippen molar-refractivity contribution >= 4 is 17.6 Å². The first-order chi connectivity index (χ1) is 9.46. The zero-order valence-corrected chi connectivity index (χ0v) is 12.0. The summed E-state index contributed by atoms with van der Waals surface area (Å²) in [5, 5.41) is -5.88. The van der Waals surface area contributed by atoms with Crippen LogP contribution in [0.25, 0.3) is 0 Å². The van der Waals surface area contributed by atoms with Gasteiger partial charge in [0.1, 0.15) is 6.10 Å². The molecule has 0 radical (unpaired) electrons. The maximum Gasteiger partial charge on any atom is 0.392 e. The number of cyclic esters (lactones) is 1. The molecular weight excluding hydrogens is 352 g/mol. The van der Waals surface area contributed by atoms with Gasteiger partial charge in [-0.1, -0.05) is 0 Å². The summed E-state index contributed by atoms with van der Waals surface area (Å²) in [7, 11) is 0. The van der Waals surface area contributed by atoms with Gasteiger partial charge in [0.15, 0.2) is 0 Å². The van der Waals surface area contributed by atoms with Gasteiger partial charge >= 0.3 is 29.1 Å². The number of ether oxygens (including phenoxy) is 1. The van der Waals surface area contributed by atoms with E-state index in [2.05, 4.69) is 16.3 Å². The van der Waals surface area contributed by atoms with Crippen molar-refractivity contribution in [3.63, 3.8) is 0 Å². The molecule has 0 aromatic carbocycles. The molecule has 22 heavy (non-hydrogen) atoms. The van der Waals surface area contributed by atoms with Gasteiger partial charge in [-0.3, -0.25) is 4.79 Å². The van der Waals surface area contributed by atoms with E-state index in [-0.39, 0.29) is 0 Å². The monoisotopic (exact) mass is 362 g/mol. The third kappa shape index (κ3) is 2.98. The minimum atomic E-state index is -6.50. The van der Waals surface area contributed by atoms with Gasteiger partial charge in [0, 0.05) is 6.42 Å². The summed E-state index contributed by atoms with van der Waals surface area (Å²) < 4.78 is 108. The predicted octanol–water partition coefficient (Wildman–Crippen LogP) is 4.46. The normalized spacial score (nSPS) is 23.6. The molecule has 0 aliphatic carbocycles. The van der Waals surface area contributed by atoms with Crippen LogP contribution in [0.5, 0.6) is 0 Å². The molecule has 1 aliphatic heterocycles. The second-order valence-corrected chi connectivity index (χ2v) is 6.15. The summed E-state index contributed by atoms with van der Waals surface area (Å²) >= 11 is 3.82. The van der Waals surface area contributed by atoms with Crippen molar-refractivity contribution in [3.05, 3.63) is 0 Å². The molecule has 130 valence electrons. The molecule has 1 aliphatic rings. The number of esters is 1. The molecule has 1 heterocycles. The Morgan fingerprint density at radius 2 is 1.55 bits per heavy atom. The summed E-state index contributed by atoms with van der Waals surface area (Å²) in [5.41, 5.74) is -1.27. The van der Waals surface area contributed by atoms with Gasteiger partial charge in [0.05, 0.1) is 11.8 Å². The Bertz CT molecular complexity index is 457. The molecule has 1 saturated heterocycles. The minimum absolute atomic E-state index is 0.444. The minimum Gasteiger partial charge on any atom is -0.462 e. The van der Waals surface area contributed by atoms with Crippen LogP contribution in [-0.2, 0) is 9.53 Å². The van der Waals surface area contributed by atoms with Gasteiger partial charge in [-0.2, -0.15) is 35.1 Å². The fourth-order valence-corrected chi connectivity index (χ4v) is 2.06. The van der Waals surface area contributed by atoms with Crippen molar-refractivity contribution in [1.29, 1.82) is 0 Å². The molecule has 0 aromatic rings. The van der Waals surface area contributed by atoms with Crippen LogP contribution in [0.4, 0.5) is 35.1 Å². The maximum absolute atomic E-state index is 13.4. The number of carbonyl (C=O) groups is 1. The summed E-state index contributed by atoms with van der Waals surface area (Å²) in [6.45, 7) is 2.54. The molecule has 0 saturated carbocycles. The van der Waals surface area contributed by atoms with Crippen LogP contribution < -0.4 is 0 Å². The molecule has 0 aromatic heterocycles. The molecule has 0 amide bonds. The Morgan fingerprint density at radius 1 is 1.09 bits per heavy atom. The van der Waals surface area contributed by atoms with Crippen molar-refractivity contribution in [2.45, 2.75) is 55.9 Å². The van der Waals surface area contributed by atoms with Crippen LogP contribution in [0.15, 0.2) is 0 Å². The third-order valence-corrected chi connectivity index (χ3v) is 3.50. The molecule has 11 heteroatoms. The summed E-state index contributed by atoms with van der Waals surface area (Å²) in [6.07, 6.45) is -4.28. The topological polar surface area (TPSA) is 26.3 Å². The van der Waals surface area contributed by atoms with E-state index in [9.17, 15) is 39.9 Å². The number of carbonyl (C=O) groups excluding carboxylic acids is 1. The summed E-state index contributed by atoms with van der Waals surface area (Å²) in [6, 6.07) is 0. The SMILES string of the molecule is CC1(C)CC(CC(F)(F)C(F)(F)C(F)(F)C(F)(F)Cl)OC1=O. The van der Waals surface area contributed by atoms with Crippen molar-refractivity contribution in [2.75, 3.05) is 0 Å². The number of alkyl halides is 9. The average molecular weight is 363 g/mol. The molecule has 1 atom stereocenters.